The van der Waals surface area contributed by atoms with E-state index < -0.39 is 6.03 Å². The predicted octanol–water partition coefficient (Wildman–Crippen LogP) is 2.47. The summed E-state index contributed by atoms with van der Waals surface area (Å²) in [6.45, 7) is 4.52. The zero-order valence-electron chi connectivity index (χ0n) is 18.8. The van der Waals surface area contributed by atoms with Gasteiger partial charge in [-0.2, -0.15) is 0 Å². The molecule has 2 aromatic rings. The summed E-state index contributed by atoms with van der Waals surface area (Å²) in [5.74, 6) is 0.466. The molecule has 172 valence electrons. The lowest BCUT2D eigenvalue weighted by Crippen LogP contribution is -2.41. The van der Waals surface area contributed by atoms with Crippen LogP contribution in [0.2, 0.25) is 0 Å². The second-order valence-electron chi connectivity index (χ2n) is 7.65. The number of amides is 3. The van der Waals surface area contributed by atoms with E-state index in [1.54, 1.807) is 43.5 Å². The summed E-state index contributed by atoms with van der Waals surface area (Å²) in [6, 6.07) is 11.9. The van der Waals surface area contributed by atoms with E-state index in [4.69, 9.17) is 9.47 Å². The van der Waals surface area contributed by atoms with Crippen LogP contribution in [-0.4, -0.2) is 77.4 Å². The summed E-state index contributed by atoms with van der Waals surface area (Å²) in [4.78, 5) is 29.5. The molecule has 1 saturated heterocycles. The van der Waals surface area contributed by atoms with Crippen LogP contribution in [0, 0.1) is 0 Å². The number of benzene rings is 2. The smallest absolute Gasteiger partial charge is 0.323 e. The molecule has 0 aliphatic carbocycles. The van der Waals surface area contributed by atoms with Crippen LogP contribution in [0.4, 0.5) is 21.9 Å². The molecular formula is C23H31N5O4. The summed E-state index contributed by atoms with van der Waals surface area (Å²) in [5, 5.41) is 8.53. The Labute approximate surface area is 188 Å². The van der Waals surface area contributed by atoms with E-state index >= 15 is 0 Å². The highest BCUT2D eigenvalue weighted by atomic mass is 16.5. The summed E-state index contributed by atoms with van der Waals surface area (Å²) in [7, 11) is 5.32. The number of anilines is 3. The van der Waals surface area contributed by atoms with Gasteiger partial charge in [0.25, 0.3) is 5.91 Å². The van der Waals surface area contributed by atoms with E-state index in [1.165, 1.54) is 0 Å². The van der Waals surface area contributed by atoms with Crippen molar-refractivity contribution in [2.75, 3.05) is 76.1 Å². The van der Waals surface area contributed by atoms with Crippen molar-refractivity contribution >= 4 is 29.0 Å². The summed E-state index contributed by atoms with van der Waals surface area (Å²) < 4.78 is 10.5. The molecule has 0 aromatic heterocycles. The quantitative estimate of drug-likeness (QED) is 0.583. The number of hydrogen-bond acceptors (Lipinski definition) is 6. The zero-order chi connectivity index (χ0) is 22.9. The van der Waals surface area contributed by atoms with Crippen molar-refractivity contribution in [2.24, 2.45) is 0 Å². The number of morpholine rings is 1. The molecule has 3 rings (SSSR count). The molecule has 0 radical (unpaired) electrons. The molecule has 9 nitrogen and oxygen atoms in total. The Morgan fingerprint density at radius 1 is 1.06 bits per heavy atom. The van der Waals surface area contributed by atoms with Crippen molar-refractivity contribution in [1.82, 2.24) is 10.2 Å². The molecule has 32 heavy (non-hydrogen) atoms. The van der Waals surface area contributed by atoms with Crippen molar-refractivity contribution in [3.8, 4) is 5.75 Å². The number of methoxy groups -OCH3 is 1. The van der Waals surface area contributed by atoms with Gasteiger partial charge >= 0.3 is 6.03 Å². The Morgan fingerprint density at radius 3 is 2.47 bits per heavy atom. The Balaban J connectivity index is 1.63. The average molecular weight is 442 g/mol. The first-order valence-corrected chi connectivity index (χ1v) is 10.6. The van der Waals surface area contributed by atoms with Gasteiger partial charge in [-0.05, 0) is 30.3 Å². The van der Waals surface area contributed by atoms with Crippen LogP contribution in [0.25, 0.3) is 0 Å². The number of ether oxygens (including phenoxy) is 2. The van der Waals surface area contributed by atoms with Crippen LogP contribution < -0.4 is 25.6 Å². The fourth-order valence-electron chi connectivity index (χ4n) is 3.43. The SMILES string of the molecule is COc1cccc(NC(=O)Nc2ccc(N(C)C)c(C(=O)NCCN3CCOCC3)c2)c1. The molecule has 1 heterocycles. The minimum atomic E-state index is -0.408. The van der Waals surface area contributed by atoms with Gasteiger partial charge in [0.1, 0.15) is 5.75 Å². The largest absolute Gasteiger partial charge is 0.497 e. The number of carbonyl (C=O) groups is 2. The van der Waals surface area contributed by atoms with Gasteiger partial charge in [-0.1, -0.05) is 6.07 Å². The van der Waals surface area contributed by atoms with E-state index in [9.17, 15) is 9.59 Å². The second-order valence-corrected chi connectivity index (χ2v) is 7.65. The number of nitrogens with zero attached hydrogens (tertiary/aromatic N) is 2. The fourth-order valence-corrected chi connectivity index (χ4v) is 3.43. The molecule has 3 amide bonds. The van der Waals surface area contributed by atoms with Gasteiger partial charge in [0, 0.05) is 63.4 Å². The van der Waals surface area contributed by atoms with Crippen LogP contribution in [0.3, 0.4) is 0 Å². The minimum Gasteiger partial charge on any atom is -0.497 e. The number of rotatable bonds is 8. The van der Waals surface area contributed by atoms with Crippen LogP contribution >= 0.6 is 0 Å². The Morgan fingerprint density at radius 2 is 1.78 bits per heavy atom. The first-order valence-electron chi connectivity index (χ1n) is 10.6. The van der Waals surface area contributed by atoms with Gasteiger partial charge in [-0.15, -0.1) is 0 Å². The third-order valence-corrected chi connectivity index (χ3v) is 5.13. The summed E-state index contributed by atoms with van der Waals surface area (Å²) in [5.41, 5.74) is 2.39. The number of nitrogens with one attached hydrogen (secondary N) is 3. The van der Waals surface area contributed by atoms with Crippen molar-refractivity contribution < 1.29 is 19.1 Å². The molecule has 0 atom stereocenters. The van der Waals surface area contributed by atoms with Gasteiger partial charge in [0.2, 0.25) is 0 Å². The maximum Gasteiger partial charge on any atom is 0.323 e. The topological polar surface area (TPSA) is 95.2 Å². The lowest BCUT2D eigenvalue weighted by atomic mass is 10.1. The summed E-state index contributed by atoms with van der Waals surface area (Å²) in [6.07, 6.45) is 0. The molecule has 0 saturated carbocycles. The lowest BCUT2D eigenvalue weighted by molar-refractivity contribution is 0.0383. The average Bonchev–Trinajstić information content (AvgIpc) is 2.79. The van der Waals surface area contributed by atoms with Crippen molar-refractivity contribution in [1.29, 1.82) is 0 Å². The van der Waals surface area contributed by atoms with Gasteiger partial charge < -0.3 is 30.3 Å². The second kappa shape index (κ2) is 11.4. The van der Waals surface area contributed by atoms with E-state index in [-0.39, 0.29) is 5.91 Å². The number of carbonyl (C=O) groups excluding carboxylic acids is 2. The Kier molecular flexibility index (Phi) is 8.29. The van der Waals surface area contributed by atoms with Gasteiger partial charge in [-0.25, -0.2) is 4.79 Å². The molecule has 1 aliphatic heterocycles. The highest BCUT2D eigenvalue weighted by molar-refractivity contribution is 6.04. The molecule has 1 aliphatic rings. The van der Waals surface area contributed by atoms with E-state index in [0.29, 0.717) is 29.2 Å². The van der Waals surface area contributed by atoms with Gasteiger partial charge in [-0.3, -0.25) is 9.69 Å². The van der Waals surface area contributed by atoms with E-state index in [0.717, 1.165) is 38.5 Å². The van der Waals surface area contributed by atoms with Crippen molar-refractivity contribution in [2.45, 2.75) is 0 Å². The monoisotopic (exact) mass is 441 g/mol. The molecule has 9 heteroatoms. The Bertz CT molecular complexity index is 928. The first kappa shape index (κ1) is 23.4. The number of urea groups is 1. The van der Waals surface area contributed by atoms with E-state index in [1.807, 2.05) is 25.1 Å². The molecule has 2 aromatic carbocycles. The molecule has 0 unspecified atom stereocenters. The maximum absolute atomic E-state index is 12.9. The van der Waals surface area contributed by atoms with Crippen molar-refractivity contribution in [3.63, 3.8) is 0 Å². The minimum absolute atomic E-state index is 0.182. The molecular weight excluding hydrogens is 410 g/mol. The van der Waals surface area contributed by atoms with Crippen LogP contribution in [0.15, 0.2) is 42.5 Å². The highest BCUT2D eigenvalue weighted by Crippen LogP contribution is 2.23. The first-order chi connectivity index (χ1) is 15.5. The zero-order valence-corrected chi connectivity index (χ0v) is 18.8. The predicted molar refractivity (Wildman–Crippen MR) is 126 cm³/mol. The molecule has 0 spiro atoms. The third kappa shape index (κ3) is 6.60. The standard InChI is InChI=1S/C23H31N5O4/c1-27(2)21-8-7-18(26-23(30)25-17-5-4-6-19(15-17)31-3)16-20(21)22(29)24-9-10-28-11-13-32-14-12-28/h4-8,15-16H,9-14H2,1-3H3,(H,24,29)(H2,25,26,30). The number of hydrogen-bond donors (Lipinski definition) is 3. The maximum atomic E-state index is 12.9. The van der Waals surface area contributed by atoms with Crippen LogP contribution in [0.1, 0.15) is 10.4 Å². The van der Waals surface area contributed by atoms with Gasteiger partial charge in [0.15, 0.2) is 0 Å². The lowest BCUT2D eigenvalue weighted by Gasteiger charge is -2.26. The molecule has 0 bridgehead atoms. The third-order valence-electron chi connectivity index (χ3n) is 5.13. The van der Waals surface area contributed by atoms with E-state index in [2.05, 4.69) is 20.9 Å². The summed E-state index contributed by atoms with van der Waals surface area (Å²) >= 11 is 0. The molecule has 1 fully saturated rings. The normalized spacial score (nSPS) is 13.8. The Hall–Kier alpha value is -3.30. The van der Waals surface area contributed by atoms with Crippen LogP contribution in [0.5, 0.6) is 5.75 Å². The fraction of sp³-hybridized carbons (Fsp3) is 0.391. The van der Waals surface area contributed by atoms with Gasteiger partial charge in [0.05, 0.1) is 25.9 Å². The van der Waals surface area contributed by atoms with Crippen LogP contribution in [-0.2, 0) is 4.74 Å². The molecule has 3 N–H and O–H groups in total. The van der Waals surface area contributed by atoms with Crippen molar-refractivity contribution in [3.05, 3.63) is 48.0 Å². The highest BCUT2D eigenvalue weighted by Gasteiger charge is 2.16.